The van der Waals surface area contributed by atoms with Gasteiger partial charge in [-0.25, -0.2) is 0 Å². The average Bonchev–Trinajstić information content (AvgIpc) is 1.94. The number of hydrogen-bond acceptors (Lipinski definition) is 6. The highest BCUT2D eigenvalue weighted by Crippen LogP contribution is 2.51. The first-order chi connectivity index (χ1) is 39.4. The predicted octanol–water partition coefficient (Wildman–Crippen LogP) is 19.1. The number of furan rings is 2. The molecule has 7 heteroatoms. The fourth-order valence-electron chi connectivity index (χ4n) is 12.7. The van der Waals surface area contributed by atoms with Crippen LogP contribution in [-0.2, 0) is 10.8 Å². The summed E-state index contributed by atoms with van der Waals surface area (Å²) in [4.78, 5) is 9.82. The van der Waals surface area contributed by atoms with Crippen LogP contribution in [0.3, 0.4) is 0 Å². The van der Waals surface area contributed by atoms with Crippen molar-refractivity contribution < 1.29 is 8.83 Å². The van der Waals surface area contributed by atoms with E-state index >= 15 is 0 Å². The molecule has 0 aliphatic carbocycles. The third-order valence-electron chi connectivity index (χ3n) is 16.7. The van der Waals surface area contributed by atoms with Gasteiger partial charge in [0.1, 0.15) is 16.7 Å². The van der Waals surface area contributed by atoms with Crippen molar-refractivity contribution in [1.82, 2.24) is 0 Å². The van der Waals surface area contributed by atoms with Gasteiger partial charge in [-0.15, -0.1) is 0 Å². The number of nitrogens with zero attached hydrogens (tertiary/aromatic N) is 4. The first-order valence-corrected chi connectivity index (χ1v) is 28.2. The normalized spacial score (nSPS) is 13.0. The van der Waals surface area contributed by atoms with Gasteiger partial charge in [0.15, 0.2) is 5.58 Å². The highest BCUT2D eigenvalue weighted by Gasteiger charge is 2.45. The fraction of sp³-hybridized carbons (Fsp3) is 0.108. The Kier molecular flexibility index (Phi) is 11.0. The van der Waals surface area contributed by atoms with Crippen molar-refractivity contribution >= 4 is 135 Å². The number of fused-ring (bicyclic) bond motifs is 10. The molecule has 11 aromatic carbocycles. The number of para-hydroxylation sites is 6. The summed E-state index contributed by atoms with van der Waals surface area (Å²) in [6.07, 6.45) is 0. The summed E-state index contributed by atoms with van der Waals surface area (Å²) >= 11 is 0. The molecular weight excluding hydrogens is 988 g/mol. The van der Waals surface area contributed by atoms with Crippen molar-refractivity contribution in [2.45, 2.75) is 52.4 Å². The Balaban J connectivity index is 1.07. The minimum Gasteiger partial charge on any atom is -0.456 e. The molecule has 2 aliphatic rings. The van der Waals surface area contributed by atoms with Gasteiger partial charge < -0.3 is 28.4 Å². The van der Waals surface area contributed by atoms with E-state index in [1.165, 1.54) is 27.5 Å². The van der Waals surface area contributed by atoms with E-state index in [9.17, 15) is 0 Å². The van der Waals surface area contributed by atoms with Gasteiger partial charge in [0.05, 0.1) is 11.4 Å². The van der Waals surface area contributed by atoms with Crippen LogP contribution in [0.15, 0.2) is 258 Å². The van der Waals surface area contributed by atoms with Crippen LogP contribution in [-0.4, -0.2) is 6.71 Å². The van der Waals surface area contributed by atoms with Crippen LogP contribution in [0.2, 0.25) is 0 Å². The largest absolute Gasteiger partial charge is 0.456 e. The summed E-state index contributed by atoms with van der Waals surface area (Å²) < 4.78 is 13.7. The predicted molar refractivity (Wildman–Crippen MR) is 342 cm³/mol. The van der Waals surface area contributed by atoms with Crippen molar-refractivity contribution in [3.05, 3.63) is 260 Å². The van der Waals surface area contributed by atoms with Gasteiger partial charge in [-0.05, 0) is 141 Å². The Hall–Kier alpha value is -9.72. The van der Waals surface area contributed by atoms with Crippen LogP contribution in [0.5, 0.6) is 0 Å². The zero-order valence-corrected chi connectivity index (χ0v) is 46.4. The van der Waals surface area contributed by atoms with Gasteiger partial charge in [-0.3, -0.25) is 0 Å². The lowest BCUT2D eigenvalue weighted by atomic mass is 9.33. The third-order valence-corrected chi connectivity index (χ3v) is 16.7. The van der Waals surface area contributed by atoms with Crippen molar-refractivity contribution in [1.29, 1.82) is 0 Å². The molecule has 0 bridgehead atoms. The summed E-state index contributed by atoms with van der Waals surface area (Å²) in [5.74, 6) is 0. The third kappa shape index (κ3) is 7.93. The maximum Gasteiger partial charge on any atom is 0.252 e. The van der Waals surface area contributed by atoms with Crippen molar-refractivity contribution in [3.8, 4) is 0 Å². The molecule has 4 heterocycles. The lowest BCUT2D eigenvalue weighted by molar-refractivity contribution is 0.590. The van der Waals surface area contributed by atoms with Gasteiger partial charge in [0, 0.05) is 84.5 Å². The molecule has 15 rings (SSSR count). The molecule has 2 aliphatic heterocycles. The fourth-order valence-corrected chi connectivity index (χ4v) is 12.7. The molecule has 390 valence electrons. The molecule has 0 amide bonds. The SMILES string of the molecule is CC(C)(C)c1ccc(N2c3cc(N(c4ccccc4)c4cccc5c4oc4ccccc45)ccc3B3c4cc5c(cc4N(c4ccc(C(C)(C)C)cc4)c4cc(N(c6ccccc6)c6ccccc6)cc2c43)oc2ccccc25)cc1. The molecule has 0 saturated heterocycles. The molecule has 0 N–H and O–H groups in total. The summed E-state index contributed by atoms with van der Waals surface area (Å²) in [5.41, 5.74) is 22.2. The maximum absolute atomic E-state index is 6.86. The molecule has 6 nitrogen and oxygen atoms in total. The second kappa shape index (κ2) is 18.4. The molecule has 2 aromatic heterocycles. The molecular formula is C74H59BN4O2. The molecule has 0 saturated carbocycles. The molecule has 0 unspecified atom stereocenters. The Morgan fingerprint density at radius 3 is 1.36 bits per heavy atom. The minimum absolute atomic E-state index is 0.0326. The molecule has 0 spiro atoms. The summed E-state index contributed by atoms with van der Waals surface area (Å²) in [7, 11) is 0. The van der Waals surface area contributed by atoms with Crippen LogP contribution in [0.4, 0.5) is 68.2 Å². The van der Waals surface area contributed by atoms with Crippen LogP contribution in [0.25, 0.3) is 43.9 Å². The molecule has 0 radical (unpaired) electrons. The van der Waals surface area contributed by atoms with Crippen LogP contribution >= 0.6 is 0 Å². The highest BCUT2D eigenvalue weighted by atomic mass is 16.3. The van der Waals surface area contributed by atoms with E-state index in [-0.39, 0.29) is 17.5 Å². The molecule has 81 heavy (non-hydrogen) atoms. The monoisotopic (exact) mass is 1050 g/mol. The quantitative estimate of drug-likeness (QED) is 0.141. The van der Waals surface area contributed by atoms with E-state index in [1.807, 2.05) is 6.07 Å². The van der Waals surface area contributed by atoms with E-state index in [0.717, 1.165) is 112 Å². The zero-order valence-electron chi connectivity index (χ0n) is 46.4. The Labute approximate surface area is 473 Å². The number of anilines is 12. The van der Waals surface area contributed by atoms with Gasteiger partial charge >= 0.3 is 0 Å². The van der Waals surface area contributed by atoms with E-state index in [4.69, 9.17) is 8.83 Å². The topological polar surface area (TPSA) is 39.2 Å². The first-order valence-electron chi connectivity index (χ1n) is 28.2. The number of hydrogen-bond donors (Lipinski definition) is 0. The van der Waals surface area contributed by atoms with Crippen LogP contribution in [0.1, 0.15) is 52.7 Å². The standard InChI is InChI=1S/C74H59BN4O2/c1-73(2,3)48-33-37-53(38-34-48)78-64-43-55(77(52-25-14-9-15-26-52)63-30-20-29-59-57-27-16-19-32-69(57)81-72(59)63)41-42-61(64)75-62-46-60-58-28-17-18-31-68(58)80-70(60)47-65(62)79(54-39-35-49(36-40-54)74(4,5)6)67-45-56(44-66(78)71(67)75)76(50-21-10-7-11-22-50)51-23-12-8-13-24-51/h7-47H,1-6H3. The summed E-state index contributed by atoms with van der Waals surface area (Å²) in [6.45, 7) is 13.5. The number of benzene rings is 11. The van der Waals surface area contributed by atoms with Crippen LogP contribution in [0, 0.1) is 0 Å². The average molecular weight is 1050 g/mol. The second-order valence-corrected chi connectivity index (χ2v) is 23.8. The van der Waals surface area contributed by atoms with Crippen molar-refractivity contribution in [3.63, 3.8) is 0 Å². The second-order valence-electron chi connectivity index (χ2n) is 23.8. The molecule has 0 atom stereocenters. The lowest BCUT2D eigenvalue weighted by Gasteiger charge is -2.45. The van der Waals surface area contributed by atoms with Gasteiger partial charge in [0.25, 0.3) is 6.71 Å². The Morgan fingerprint density at radius 2 is 0.802 bits per heavy atom. The smallest absolute Gasteiger partial charge is 0.252 e. The van der Waals surface area contributed by atoms with E-state index in [0.29, 0.717) is 0 Å². The van der Waals surface area contributed by atoms with Crippen LogP contribution < -0.4 is 36.0 Å². The van der Waals surface area contributed by atoms with E-state index < -0.39 is 0 Å². The summed E-state index contributed by atoms with van der Waals surface area (Å²) in [5, 5.41) is 4.37. The molecule has 0 fully saturated rings. The first kappa shape index (κ1) is 48.4. The van der Waals surface area contributed by atoms with Crippen molar-refractivity contribution in [2.75, 3.05) is 19.6 Å². The minimum atomic E-state index is -0.192. The molecule has 13 aromatic rings. The van der Waals surface area contributed by atoms with Gasteiger partial charge in [-0.2, -0.15) is 0 Å². The maximum atomic E-state index is 6.86. The van der Waals surface area contributed by atoms with Gasteiger partial charge in [-0.1, -0.05) is 181 Å². The Morgan fingerprint density at radius 1 is 0.333 bits per heavy atom. The van der Waals surface area contributed by atoms with Gasteiger partial charge in [0.2, 0.25) is 0 Å². The zero-order chi connectivity index (χ0) is 54.7. The van der Waals surface area contributed by atoms with E-state index in [2.05, 4.69) is 304 Å². The summed E-state index contributed by atoms with van der Waals surface area (Å²) in [6, 6.07) is 90.9. The van der Waals surface area contributed by atoms with E-state index in [1.54, 1.807) is 0 Å². The number of rotatable bonds is 8. The Bertz CT molecular complexity index is 4520. The lowest BCUT2D eigenvalue weighted by Crippen LogP contribution is -2.61. The highest BCUT2D eigenvalue weighted by molar-refractivity contribution is 7.00. The van der Waals surface area contributed by atoms with Crippen molar-refractivity contribution in [2.24, 2.45) is 0 Å².